The molecular weight excluding hydrogens is 290 g/mol. The van der Waals surface area contributed by atoms with Gasteiger partial charge in [0.25, 0.3) is 0 Å². The zero-order valence-corrected chi connectivity index (χ0v) is 11.2. The van der Waals surface area contributed by atoms with Crippen LogP contribution in [0, 0.1) is 5.82 Å². The van der Waals surface area contributed by atoms with E-state index in [0.717, 1.165) is 0 Å². The monoisotopic (exact) mass is 298 g/mol. The maximum absolute atomic E-state index is 12.9. The lowest BCUT2D eigenvalue weighted by Gasteiger charge is -2.10. The molecule has 2 rings (SSSR count). The predicted octanol–water partition coefficient (Wildman–Crippen LogP) is 4.52. The molecule has 0 saturated heterocycles. The summed E-state index contributed by atoms with van der Waals surface area (Å²) in [4.78, 5) is 10.9. The van der Waals surface area contributed by atoms with Crippen molar-refractivity contribution < 1.29 is 13.9 Å². The molecule has 0 bridgehead atoms. The standard InChI is InChI=1S/C14H9Cl2FO2/c15-11-2-4-14(10(5-11)7-18)19-8-9-1-3-12(17)6-13(9)16/h1-7H,8H2. The van der Waals surface area contributed by atoms with Crippen molar-refractivity contribution in [1.29, 1.82) is 0 Å². The number of benzene rings is 2. The predicted molar refractivity (Wildman–Crippen MR) is 72.6 cm³/mol. The lowest BCUT2D eigenvalue weighted by molar-refractivity contribution is 0.111. The van der Waals surface area contributed by atoms with Crippen LogP contribution in [0.3, 0.4) is 0 Å². The van der Waals surface area contributed by atoms with Crippen molar-refractivity contribution in [3.8, 4) is 5.75 Å². The molecule has 0 aromatic heterocycles. The number of ether oxygens (including phenoxy) is 1. The first-order chi connectivity index (χ1) is 9.10. The van der Waals surface area contributed by atoms with Crippen LogP contribution in [0.15, 0.2) is 36.4 Å². The minimum atomic E-state index is -0.408. The van der Waals surface area contributed by atoms with Crippen LogP contribution in [0.25, 0.3) is 0 Å². The third-order valence-corrected chi connectivity index (χ3v) is 3.08. The normalized spacial score (nSPS) is 10.3. The highest BCUT2D eigenvalue weighted by molar-refractivity contribution is 6.31. The lowest BCUT2D eigenvalue weighted by atomic mass is 10.2. The molecule has 0 N–H and O–H groups in total. The van der Waals surface area contributed by atoms with Crippen LogP contribution in [0.5, 0.6) is 5.75 Å². The van der Waals surface area contributed by atoms with E-state index < -0.39 is 5.82 Å². The molecule has 0 aliphatic rings. The molecule has 0 aliphatic heterocycles. The number of hydrogen-bond donors (Lipinski definition) is 0. The van der Waals surface area contributed by atoms with Crippen molar-refractivity contribution in [2.75, 3.05) is 0 Å². The zero-order valence-electron chi connectivity index (χ0n) is 9.70. The van der Waals surface area contributed by atoms with E-state index >= 15 is 0 Å². The largest absolute Gasteiger partial charge is 0.488 e. The molecule has 2 nitrogen and oxygen atoms in total. The Balaban J connectivity index is 2.16. The van der Waals surface area contributed by atoms with E-state index in [4.69, 9.17) is 27.9 Å². The highest BCUT2D eigenvalue weighted by Crippen LogP contribution is 2.24. The maximum atomic E-state index is 12.9. The SMILES string of the molecule is O=Cc1cc(Cl)ccc1OCc1ccc(F)cc1Cl. The van der Waals surface area contributed by atoms with E-state index in [1.165, 1.54) is 24.3 Å². The Morgan fingerprint density at radius 3 is 2.63 bits per heavy atom. The Morgan fingerprint density at radius 2 is 1.95 bits per heavy atom. The van der Waals surface area contributed by atoms with Gasteiger partial charge < -0.3 is 4.74 Å². The number of hydrogen-bond acceptors (Lipinski definition) is 2. The zero-order chi connectivity index (χ0) is 13.8. The average molecular weight is 299 g/mol. The molecule has 0 amide bonds. The van der Waals surface area contributed by atoms with Crippen molar-refractivity contribution in [2.24, 2.45) is 0 Å². The first-order valence-electron chi connectivity index (χ1n) is 5.41. The topological polar surface area (TPSA) is 26.3 Å². The van der Waals surface area contributed by atoms with Gasteiger partial charge in [-0.15, -0.1) is 0 Å². The summed E-state index contributed by atoms with van der Waals surface area (Å²) in [6.07, 6.45) is 0.660. The van der Waals surface area contributed by atoms with Crippen LogP contribution in [0.1, 0.15) is 15.9 Å². The fourth-order valence-electron chi connectivity index (χ4n) is 1.54. The van der Waals surface area contributed by atoms with Crippen LogP contribution >= 0.6 is 23.2 Å². The number of carbonyl (C=O) groups is 1. The number of halogens is 3. The molecule has 2 aromatic rings. The second kappa shape index (κ2) is 6.04. The molecule has 0 atom stereocenters. The van der Waals surface area contributed by atoms with E-state index in [1.807, 2.05) is 0 Å². The fraction of sp³-hybridized carbons (Fsp3) is 0.0714. The van der Waals surface area contributed by atoms with Crippen LogP contribution in [-0.2, 0) is 6.61 Å². The van der Waals surface area contributed by atoms with E-state index in [9.17, 15) is 9.18 Å². The van der Waals surface area contributed by atoms with Crippen molar-refractivity contribution in [1.82, 2.24) is 0 Å². The van der Waals surface area contributed by atoms with Crippen molar-refractivity contribution in [3.63, 3.8) is 0 Å². The molecule has 0 spiro atoms. The maximum Gasteiger partial charge on any atom is 0.153 e. The summed E-state index contributed by atoms with van der Waals surface area (Å²) in [5.74, 6) is -0.00591. The number of carbonyl (C=O) groups excluding carboxylic acids is 1. The van der Waals surface area contributed by atoms with E-state index in [1.54, 1.807) is 12.1 Å². The van der Waals surface area contributed by atoms with Gasteiger partial charge >= 0.3 is 0 Å². The fourth-order valence-corrected chi connectivity index (χ4v) is 1.94. The highest BCUT2D eigenvalue weighted by atomic mass is 35.5. The first kappa shape index (κ1) is 13.8. The van der Waals surface area contributed by atoms with Gasteiger partial charge in [0.15, 0.2) is 6.29 Å². The van der Waals surface area contributed by atoms with Crippen molar-refractivity contribution >= 4 is 29.5 Å². The van der Waals surface area contributed by atoms with E-state index in [0.29, 0.717) is 28.2 Å². The summed E-state index contributed by atoms with van der Waals surface area (Å²) in [6, 6.07) is 8.78. The van der Waals surface area contributed by atoms with Gasteiger partial charge in [-0.05, 0) is 30.3 Å². The second-order valence-corrected chi connectivity index (χ2v) is 4.67. The number of rotatable bonds is 4. The minimum absolute atomic E-state index is 0.140. The molecule has 5 heteroatoms. The van der Waals surface area contributed by atoms with Crippen molar-refractivity contribution in [2.45, 2.75) is 6.61 Å². The van der Waals surface area contributed by atoms with Gasteiger partial charge in [-0.25, -0.2) is 4.39 Å². The highest BCUT2D eigenvalue weighted by Gasteiger charge is 2.07. The second-order valence-electron chi connectivity index (χ2n) is 3.82. The van der Waals surface area contributed by atoms with Gasteiger partial charge in [0.1, 0.15) is 18.2 Å². The molecule has 0 unspecified atom stereocenters. The molecule has 2 aromatic carbocycles. The van der Waals surface area contributed by atoms with Gasteiger partial charge in [-0.1, -0.05) is 29.3 Å². The van der Waals surface area contributed by atoms with Gasteiger partial charge in [0, 0.05) is 10.6 Å². The van der Waals surface area contributed by atoms with Gasteiger partial charge in [0.2, 0.25) is 0 Å². The summed E-state index contributed by atoms with van der Waals surface area (Å²) < 4.78 is 18.4. The van der Waals surface area contributed by atoms with Crippen molar-refractivity contribution in [3.05, 3.63) is 63.4 Å². The minimum Gasteiger partial charge on any atom is -0.488 e. The molecule has 0 aliphatic carbocycles. The Bertz CT molecular complexity index is 614. The van der Waals surface area contributed by atoms with E-state index in [2.05, 4.69) is 0 Å². The quantitative estimate of drug-likeness (QED) is 0.776. The summed E-state index contributed by atoms with van der Waals surface area (Å²) >= 11 is 11.7. The molecule has 0 fully saturated rings. The van der Waals surface area contributed by atoms with Gasteiger partial charge in [0.05, 0.1) is 10.6 Å². The summed E-state index contributed by atoms with van der Waals surface area (Å²) in [5.41, 5.74) is 0.987. The lowest BCUT2D eigenvalue weighted by Crippen LogP contribution is -1.99. The number of aldehydes is 1. The van der Waals surface area contributed by atoms with Crippen LogP contribution in [0.2, 0.25) is 10.0 Å². The molecule has 0 heterocycles. The first-order valence-corrected chi connectivity index (χ1v) is 6.17. The Morgan fingerprint density at radius 1 is 1.16 bits per heavy atom. The van der Waals surface area contributed by atoms with Crippen LogP contribution in [-0.4, -0.2) is 6.29 Å². The summed E-state index contributed by atoms with van der Waals surface area (Å²) in [7, 11) is 0. The molecule has 0 saturated carbocycles. The molecule has 98 valence electrons. The third-order valence-electron chi connectivity index (χ3n) is 2.50. The van der Waals surface area contributed by atoms with Gasteiger partial charge in [-0.3, -0.25) is 4.79 Å². The molecule has 0 radical (unpaired) electrons. The Hall–Kier alpha value is -1.58. The Labute approximate surface area is 119 Å². The summed E-state index contributed by atoms with van der Waals surface area (Å²) in [5, 5.41) is 0.732. The molecule has 19 heavy (non-hydrogen) atoms. The third kappa shape index (κ3) is 3.46. The molecular formula is C14H9Cl2FO2. The average Bonchev–Trinajstić information content (AvgIpc) is 2.39. The summed E-state index contributed by atoms with van der Waals surface area (Å²) in [6.45, 7) is 0.140. The van der Waals surface area contributed by atoms with Crippen LogP contribution in [0.4, 0.5) is 4.39 Å². The van der Waals surface area contributed by atoms with E-state index in [-0.39, 0.29) is 11.6 Å². The Kier molecular flexibility index (Phi) is 4.40. The van der Waals surface area contributed by atoms with Crippen LogP contribution < -0.4 is 4.74 Å². The van der Waals surface area contributed by atoms with Gasteiger partial charge in [-0.2, -0.15) is 0 Å². The smallest absolute Gasteiger partial charge is 0.153 e.